The number of thiophene rings is 1. The lowest BCUT2D eigenvalue weighted by Gasteiger charge is -2.09. The average Bonchev–Trinajstić information content (AvgIpc) is 2.93. The van der Waals surface area contributed by atoms with E-state index in [4.69, 9.17) is 16.7 Å². The van der Waals surface area contributed by atoms with Gasteiger partial charge in [-0.25, -0.2) is 18.0 Å². The molecule has 23 heavy (non-hydrogen) atoms. The molecule has 0 aliphatic rings. The molecule has 2 N–H and O–H groups in total. The molecule has 0 unspecified atom stereocenters. The number of anilines is 1. The van der Waals surface area contributed by atoms with E-state index >= 15 is 0 Å². The molecule has 0 atom stereocenters. The van der Waals surface area contributed by atoms with Gasteiger partial charge in [0, 0.05) is 0 Å². The minimum absolute atomic E-state index is 0.0497. The summed E-state index contributed by atoms with van der Waals surface area (Å²) in [5, 5.41) is 10.4. The number of nitrogens with one attached hydrogen (secondary N) is 1. The molecule has 1 heterocycles. The third-order valence-corrected chi connectivity index (χ3v) is 5.35. The lowest BCUT2D eigenvalue weighted by molar-refractivity contribution is 0.0606. The number of carboxylic acid groups (broad SMARTS) is 1. The Kier molecular flexibility index (Phi) is 4.93. The van der Waals surface area contributed by atoms with E-state index < -0.39 is 22.0 Å². The second-order valence-electron chi connectivity index (χ2n) is 4.21. The van der Waals surface area contributed by atoms with Gasteiger partial charge in [0.25, 0.3) is 10.0 Å². The number of sulfonamides is 1. The monoisotopic (exact) mass is 375 g/mol. The maximum atomic E-state index is 12.4. The van der Waals surface area contributed by atoms with Gasteiger partial charge in [0.1, 0.15) is 4.88 Å². The molecule has 0 aliphatic heterocycles. The third-order valence-electron chi connectivity index (χ3n) is 2.76. The molecular weight excluding hydrogens is 366 g/mol. The van der Waals surface area contributed by atoms with Gasteiger partial charge < -0.3 is 9.84 Å². The maximum Gasteiger partial charge on any atom is 0.350 e. The standard InChI is InChI=1S/C13H10ClNO6S2/c1-21-13(18)11-10(4-5-22-11)15-23(19,20)7-2-3-9(14)8(6-7)12(16)17/h2-6,15H,1H3,(H,16,17). The van der Waals surface area contributed by atoms with E-state index in [1.54, 1.807) is 0 Å². The third kappa shape index (κ3) is 3.63. The first kappa shape index (κ1) is 17.3. The van der Waals surface area contributed by atoms with Crippen molar-refractivity contribution in [1.82, 2.24) is 0 Å². The first-order valence-electron chi connectivity index (χ1n) is 5.97. The Morgan fingerprint density at radius 2 is 2.00 bits per heavy atom. The predicted octanol–water partition coefficient (Wildman–Crippen LogP) is 2.69. The molecule has 10 heteroatoms. The molecule has 0 fully saturated rings. The molecule has 0 spiro atoms. The number of carbonyl (C=O) groups is 2. The van der Waals surface area contributed by atoms with Gasteiger partial charge in [-0.05, 0) is 29.6 Å². The quantitative estimate of drug-likeness (QED) is 0.777. The van der Waals surface area contributed by atoms with E-state index in [-0.39, 0.29) is 26.0 Å². The van der Waals surface area contributed by atoms with Gasteiger partial charge in [-0.2, -0.15) is 0 Å². The maximum absolute atomic E-state index is 12.4. The highest BCUT2D eigenvalue weighted by atomic mass is 35.5. The van der Waals surface area contributed by atoms with Gasteiger partial charge >= 0.3 is 11.9 Å². The van der Waals surface area contributed by atoms with Crippen molar-refractivity contribution in [2.24, 2.45) is 0 Å². The number of benzene rings is 1. The Morgan fingerprint density at radius 3 is 2.61 bits per heavy atom. The minimum Gasteiger partial charge on any atom is -0.478 e. The van der Waals surface area contributed by atoms with Crippen LogP contribution in [-0.4, -0.2) is 32.6 Å². The summed E-state index contributed by atoms with van der Waals surface area (Å²) in [6.45, 7) is 0. The summed E-state index contributed by atoms with van der Waals surface area (Å²) in [5.74, 6) is -2.03. The summed E-state index contributed by atoms with van der Waals surface area (Å²) in [5.41, 5.74) is -0.290. The summed E-state index contributed by atoms with van der Waals surface area (Å²) >= 11 is 6.73. The van der Waals surface area contributed by atoms with Gasteiger partial charge in [0.2, 0.25) is 0 Å². The number of methoxy groups -OCH3 is 1. The van der Waals surface area contributed by atoms with Gasteiger partial charge in [-0.3, -0.25) is 4.72 Å². The van der Waals surface area contributed by atoms with E-state index in [0.29, 0.717) is 0 Å². The highest BCUT2D eigenvalue weighted by molar-refractivity contribution is 7.92. The first-order valence-corrected chi connectivity index (χ1v) is 8.72. The largest absolute Gasteiger partial charge is 0.478 e. The van der Waals surface area contributed by atoms with Crippen LogP contribution in [0, 0.1) is 0 Å². The van der Waals surface area contributed by atoms with Crippen molar-refractivity contribution in [3.63, 3.8) is 0 Å². The Morgan fingerprint density at radius 1 is 1.30 bits per heavy atom. The second kappa shape index (κ2) is 6.57. The van der Waals surface area contributed by atoms with Crippen molar-refractivity contribution >= 4 is 50.6 Å². The number of carboxylic acids is 1. The molecule has 0 amide bonds. The zero-order valence-electron chi connectivity index (χ0n) is 11.6. The normalized spacial score (nSPS) is 11.0. The zero-order valence-corrected chi connectivity index (χ0v) is 14.0. The molecule has 1 aromatic heterocycles. The summed E-state index contributed by atoms with van der Waals surface area (Å²) in [4.78, 5) is 22.4. The molecule has 7 nitrogen and oxygen atoms in total. The van der Waals surface area contributed by atoms with Crippen molar-refractivity contribution in [2.45, 2.75) is 4.90 Å². The molecule has 1 aromatic carbocycles. The summed E-state index contributed by atoms with van der Waals surface area (Å²) in [7, 11) is -2.91. The van der Waals surface area contributed by atoms with Crippen LogP contribution in [0.15, 0.2) is 34.5 Å². The van der Waals surface area contributed by atoms with E-state index in [1.807, 2.05) is 0 Å². The fraction of sp³-hybridized carbons (Fsp3) is 0.0769. The molecule has 0 bridgehead atoms. The fourth-order valence-electron chi connectivity index (χ4n) is 1.68. The van der Waals surface area contributed by atoms with Crippen LogP contribution in [0.3, 0.4) is 0 Å². The SMILES string of the molecule is COC(=O)c1sccc1NS(=O)(=O)c1ccc(Cl)c(C(=O)O)c1. The average molecular weight is 376 g/mol. The van der Waals surface area contributed by atoms with Gasteiger partial charge in [-0.1, -0.05) is 11.6 Å². The number of rotatable bonds is 5. The minimum atomic E-state index is -4.09. The number of halogens is 1. The van der Waals surface area contributed by atoms with Crippen LogP contribution in [0.5, 0.6) is 0 Å². The Labute approximate surface area is 140 Å². The van der Waals surface area contributed by atoms with Crippen molar-refractivity contribution in [1.29, 1.82) is 0 Å². The number of hydrogen-bond acceptors (Lipinski definition) is 6. The van der Waals surface area contributed by atoms with Gasteiger partial charge in [0.05, 0.1) is 28.3 Å². The number of esters is 1. The lowest BCUT2D eigenvalue weighted by atomic mass is 10.2. The Hall–Kier alpha value is -2.10. The Balaban J connectivity index is 2.41. The van der Waals surface area contributed by atoms with E-state index in [2.05, 4.69) is 9.46 Å². The van der Waals surface area contributed by atoms with Crippen LogP contribution in [0.1, 0.15) is 20.0 Å². The van der Waals surface area contributed by atoms with E-state index in [0.717, 1.165) is 17.4 Å². The van der Waals surface area contributed by atoms with Crippen LogP contribution < -0.4 is 4.72 Å². The van der Waals surface area contributed by atoms with Gasteiger partial charge in [0.15, 0.2) is 0 Å². The first-order chi connectivity index (χ1) is 10.8. The number of hydrogen-bond donors (Lipinski definition) is 2. The molecule has 0 saturated heterocycles. The fourth-order valence-corrected chi connectivity index (χ4v) is 3.81. The zero-order chi connectivity index (χ0) is 17.2. The molecule has 122 valence electrons. The Bertz CT molecular complexity index is 874. The smallest absolute Gasteiger partial charge is 0.350 e. The number of carbonyl (C=O) groups excluding carboxylic acids is 1. The second-order valence-corrected chi connectivity index (χ2v) is 7.21. The molecule has 2 rings (SSSR count). The summed E-state index contributed by atoms with van der Waals surface area (Å²) < 4.78 is 31.5. The summed E-state index contributed by atoms with van der Waals surface area (Å²) in [6.07, 6.45) is 0. The summed E-state index contributed by atoms with van der Waals surface area (Å²) in [6, 6.07) is 4.69. The number of aromatic carboxylic acids is 1. The highest BCUT2D eigenvalue weighted by Gasteiger charge is 2.22. The molecule has 0 saturated carbocycles. The van der Waals surface area contributed by atoms with Crippen molar-refractivity contribution < 1.29 is 27.9 Å². The lowest BCUT2D eigenvalue weighted by Crippen LogP contribution is -2.15. The topological polar surface area (TPSA) is 110 Å². The van der Waals surface area contributed by atoms with Crippen LogP contribution in [0.2, 0.25) is 5.02 Å². The van der Waals surface area contributed by atoms with E-state index in [9.17, 15) is 18.0 Å². The predicted molar refractivity (Wildman–Crippen MR) is 84.9 cm³/mol. The van der Waals surface area contributed by atoms with Crippen LogP contribution in [0.4, 0.5) is 5.69 Å². The highest BCUT2D eigenvalue weighted by Crippen LogP contribution is 2.27. The molecule has 0 radical (unpaired) electrons. The van der Waals surface area contributed by atoms with Crippen molar-refractivity contribution in [3.05, 3.63) is 45.1 Å². The molecule has 2 aromatic rings. The molecule has 0 aliphatic carbocycles. The van der Waals surface area contributed by atoms with Crippen molar-refractivity contribution in [2.75, 3.05) is 11.8 Å². The molecular formula is C13H10ClNO6S2. The van der Waals surface area contributed by atoms with E-state index in [1.165, 1.54) is 30.7 Å². The number of ether oxygens (including phenoxy) is 1. The van der Waals surface area contributed by atoms with Crippen LogP contribution >= 0.6 is 22.9 Å². The van der Waals surface area contributed by atoms with Crippen LogP contribution in [-0.2, 0) is 14.8 Å². The van der Waals surface area contributed by atoms with Gasteiger partial charge in [-0.15, -0.1) is 11.3 Å². The van der Waals surface area contributed by atoms with Crippen molar-refractivity contribution in [3.8, 4) is 0 Å². The van der Waals surface area contributed by atoms with Crippen LogP contribution in [0.25, 0.3) is 0 Å².